The Morgan fingerprint density at radius 3 is 2.88 bits per heavy atom. The van der Waals surface area contributed by atoms with Gasteiger partial charge in [-0.15, -0.1) is 0 Å². The van der Waals surface area contributed by atoms with Gasteiger partial charge in [-0.2, -0.15) is 0 Å². The lowest BCUT2D eigenvalue weighted by atomic mass is 9.85. The second-order valence-corrected chi connectivity index (χ2v) is 4.83. The first-order valence-electron chi connectivity index (χ1n) is 6.52. The van der Waals surface area contributed by atoms with Crippen molar-refractivity contribution in [2.24, 2.45) is 5.92 Å². The zero-order valence-electron chi connectivity index (χ0n) is 10.8. The molecule has 0 radical (unpaired) electrons. The first-order valence-corrected chi connectivity index (χ1v) is 6.52. The molecule has 2 rings (SSSR count). The molecular formula is C13H22N4. The molecule has 1 aliphatic rings. The van der Waals surface area contributed by atoms with Crippen molar-refractivity contribution in [2.75, 3.05) is 25.0 Å². The highest BCUT2D eigenvalue weighted by atomic mass is 15.2. The Labute approximate surface area is 103 Å². The third kappa shape index (κ3) is 3.40. The molecule has 0 spiro atoms. The molecule has 0 unspecified atom stereocenters. The topological polar surface area (TPSA) is 41.1 Å². The van der Waals surface area contributed by atoms with Crippen LogP contribution in [0.25, 0.3) is 0 Å². The van der Waals surface area contributed by atoms with E-state index < -0.39 is 0 Å². The predicted octanol–water partition coefficient (Wildman–Crippen LogP) is 1.82. The SMILES string of the molecule is CCNCc1cncc(N(C)CC2CCC2)n1. The summed E-state index contributed by atoms with van der Waals surface area (Å²) < 4.78 is 0. The van der Waals surface area contributed by atoms with E-state index in [1.807, 2.05) is 12.4 Å². The van der Waals surface area contributed by atoms with E-state index in [9.17, 15) is 0 Å². The van der Waals surface area contributed by atoms with Crippen LogP contribution in [0.4, 0.5) is 5.82 Å². The van der Waals surface area contributed by atoms with E-state index in [4.69, 9.17) is 0 Å². The van der Waals surface area contributed by atoms with Gasteiger partial charge in [0, 0.05) is 26.3 Å². The van der Waals surface area contributed by atoms with Gasteiger partial charge in [0.25, 0.3) is 0 Å². The number of hydrogen-bond donors (Lipinski definition) is 1. The number of rotatable bonds is 6. The first-order chi connectivity index (χ1) is 8.29. The van der Waals surface area contributed by atoms with Crippen molar-refractivity contribution in [1.82, 2.24) is 15.3 Å². The number of hydrogen-bond acceptors (Lipinski definition) is 4. The van der Waals surface area contributed by atoms with Crippen molar-refractivity contribution >= 4 is 5.82 Å². The Bertz CT molecular complexity index is 349. The Kier molecular flexibility index (Phi) is 4.31. The Morgan fingerprint density at radius 1 is 1.41 bits per heavy atom. The predicted molar refractivity (Wildman–Crippen MR) is 70.0 cm³/mol. The van der Waals surface area contributed by atoms with Crippen LogP contribution in [0.15, 0.2) is 12.4 Å². The number of nitrogens with zero attached hydrogens (tertiary/aromatic N) is 3. The number of aromatic nitrogens is 2. The van der Waals surface area contributed by atoms with Crippen LogP contribution in [-0.4, -0.2) is 30.1 Å². The lowest BCUT2D eigenvalue weighted by Crippen LogP contribution is -2.30. The molecule has 17 heavy (non-hydrogen) atoms. The number of nitrogens with one attached hydrogen (secondary N) is 1. The van der Waals surface area contributed by atoms with Crippen LogP contribution in [0.1, 0.15) is 31.9 Å². The smallest absolute Gasteiger partial charge is 0.147 e. The summed E-state index contributed by atoms with van der Waals surface area (Å²) in [7, 11) is 2.11. The van der Waals surface area contributed by atoms with Gasteiger partial charge in [0.15, 0.2) is 0 Å². The summed E-state index contributed by atoms with van der Waals surface area (Å²) in [5, 5.41) is 3.27. The molecule has 4 nitrogen and oxygen atoms in total. The van der Waals surface area contributed by atoms with E-state index in [1.54, 1.807) is 0 Å². The molecule has 1 aliphatic carbocycles. The summed E-state index contributed by atoms with van der Waals surface area (Å²) in [4.78, 5) is 11.1. The highest BCUT2D eigenvalue weighted by Gasteiger charge is 2.19. The van der Waals surface area contributed by atoms with Crippen molar-refractivity contribution in [1.29, 1.82) is 0 Å². The van der Waals surface area contributed by atoms with E-state index in [2.05, 4.69) is 34.2 Å². The average molecular weight is 234 g/mol. The fourth-order valence-corrected chi connectivity index (χ4v) is 2.07. The van der Waals surface area contributed by atoms with Crippen molar-refractivity contribution in [2.45, 2.75) is 32.7 Å². The van der Waals surface area contributed by atoms with E-state index >= 15 is 0 Å². The van der Waals surface area contributed by atoms with E-state index in [-0.39, 0.29) is 0 Å². The normalized spacial score (nSPS) is 15.6. The largest absolute Gasteiger partial charge is 0.358 e. The number of anilines is 1. The van der Waals surface area contributed by atoms with Gasteiger partial charge in [0.2, 0.25) is 0 Å². The molecule has 1 N–H and O–H groups in total. The van der Waals surface area contributed by atoms with Gasteiger partial charge < -0.3 is 10.2 Å². The first kappa shape index (κ1) is 12.3. The monoisotopic (exact) mass is 234 g/mol. The zero-order valence-corrected chi connectivity index (χ0v) is 10.8. The van der Waals surface area contributed by atoms with Crippen molar-refractivity contribution < 1.29 is 0 Å². The minimum Gasteiger partial charge on any atom is -0.358 e. The van der Waals surface area contributed by atoms with Gasteiger partial charge in [0.1, 0.15) is 5.82 Å². The molecule has 0 bridgehead atoms. The maximum atomic E-state index is 4.62. The second-order valence-electron chi connectivity index (χ2n) is 4.83. The van der Waals surface area contributed by atoms with Crippen LogP contribution in [0.3, 0.4) is 0 Å². The van der Waals surface area contributed by atoms with E-state index in [1.165, 1.54) is 19.3 Å². The van der Waals surface area contributed by atoms with Gasteiger partial charge in [0.05, 0.1) is 11.9 Å². The lowest BCUT2D eigenvalue weighted by molar-refractivity contribution is 0.321. The second kappa shape index (κ2) is 5.96. The zero-order chi connectivity index (χ0) is 12.1. The van der Waals surface area contributed by atoms with E-state index in [0.717, 1.165) is 37.1 Å². The highest BCUT2D eigenvalue weighted by molar-refractivity contribution is 5.35. The van der Waals surface area contributed by atoms with Gasteiger partial charge in [-0.1, -0.05) is 13.3 Å². The van der Waals surface area contributed by atoms with Gasteiger partial charge >= 0.3 is 0 Å². The van der Waals surface area contributed by atoms with Gasteiger partial charge in [-0.3, -0.25) is 4.98 Å². The van der Waals surface area contributed by atoms with Crippen molar-refractivity contribution in [3.05, 3.63) is 18.1 Å². The molecule has 1 fully saturated rings. The molecule has 94 valence electrons. The summed E-state index contributed by atoms with van der Waals surface area (Å²) in [5.41, 5.74) is 1.02. The van der Waals surface area contributed by atoms with Crippen LogP contribution >= 0.6 is 0 Å². The van der Waals surface area contributed by atoms with Crippen LogP contribution in [0.2, 0.25) is 0 Å². The molecular weight excluding hydrogens is 212 g/mol. The molecule has 0 atom stereocenters. The maximum absolute atomic E-state index is 4.62. The summed E-state index contributed by atoms with van der Waals surface area (Å²) in [6.07, 6.45) is 7.83. The molecule has 0 saturated heterocycles. The lowest BCUT2D eigenvalue weighted by Gasteiger charge is -2.30. The van der Waals surface area contributed by atoms with Crippen molar-refractivity contribution in [3.63, 3.8) is 0 Å². The van der Waals surface area contributed by atoms with E-state index in [0.29, 0.717) is 0 Å². The molecule has 1 aromatic rings. The minimum absolute atomic E-state index is 0.800. The third-order valence-electron chi connectivity index (χ3n) is 3.38. The Hall–Kier alpha value is -1.16. The van der Waals surface area contributed by atoms with Crippen LogP contribution in [-0.2, 0) is 6.54 Å². The van der Waals surface area contributed by atoms with Crippen molar-refractivity contribution in [3.8, 4) is 0 Å². The molecule has 1 heterocycles. The molecule has 0 aliphatic heterocycles. The third-order valence-corrected chi connectivity index (χ3v) is 3.38. The molecule has 4 heteroatoms. The maximum Gasteiger partial charge on any atom is 0.147 e. The Balaban J connectivity index is 1.93. The Morgan fingerprint density at radius 2 is 2.24 bits per heavy atom. The highest BCUT2D eigenvalue weighted by Crippen LogP contribution is 2.27. The fraction of sp³-hybridized carbons (Fsp3) is 0.692. The van der Waals surface area contributed by atoms with Gasteiger partial charge in [-0.05, 0) is 25.3 Å². The fourth-order valence-electron chi connectivity index (χ4n) is 2.07. The molecule has 1 aromatic heterocycles. The molecule has 0 amide bonds. The molecule has 0 aromatic carbocycles. The summed E-state index contributed by atoms with van der Waals surface area (Å²) in [6.45, 7) is 4.97. The van der Waals surface area contributed by atoms with Crippen LogP contribution in [0.5, 0.6) is 0 Å². The van der Waals surface area contributed by atoms with Crippen LogP contribution < -0.4 is 10.2 Å². The standard InChI is InChI=1S/C13H22N4/c1-3-14-7-12-8-15-9-13(16-12)17(2)10-11-5-4-6-11/h8-9,11,14H,3-7,10H2,1-2H3. The quantitative estimate of drug-likeness (QED) is 0.815. The van der Waals surface area contributed by atoms with Crippen LogP contribution in [0, 0.1) is 5.92 Å². The minimum atomic E-state index is 0.800. The summed E-state index contributed by atoms with van der Waals surface area (Å²) in [5.74, 6) is 1.85. The van der Waals surface area contributed by atoms with Gasteiger partial charge in [-0.25, -0.2) is 4.98 Å². The average Bonchev–Trinajstić information content (AvgIpc) is 2.31. The summed E-state index contributed by atoms with van der Waals surface area (Å²) >= 11 is 0. The summed E-state index contributed by atoms with van der Waals surface area (Å²) in [6, 6.07) is 0. The molecule has 1 saturated carbocycles.